The molecule has 0 unspecified atom stereocenters. The Morgan fingerprint density at radius 3 is 0.816 bits per heavy atom. The monoisotopic (exact) mass is 1780 g/mol. The lowest BCUT2D eigenvalue weighted by molar-refractivity contribution is 0.631. The predicted octanol–water partition coefficient (Wildman–Crippen LogP) is 37.4. The second kappa shape index (κ2) is 31.4. The van der Waals surface area contributed by atoms with Gasteiger partial charge < -0.3 is 14.7 Å². The van der Waals surface area contributed by atoms with E-state index >= 15 is 0 Å². The van der Waals surface area contributed by atoms with Gasteiger partial charge in [-0.2, -0.15) is 0 Å². The summed E-state index contributed by atoms with van der Waals surface area (Å²) < 4.78 is 5.35. The minimum Gasteiger partial charge on any atom is -0.310 e. The average molecular weight is 1780 g/mol. The molecule has 20 aromatic carbocycles. The molecule has 27 rings (SSSR count). The maximum atomic E-state index is 2.50. The summed E-state index contributed by atoms with van der Waals surface area (Å²) in [6.45, 7) is 23.7. The number of rotatable bonds is 8. The first-order valence-corrected chi connectivity index (χ1v) is 49.5. The molecule has 0 spiro atoms. The Hall–Kier alpha value is -15.2. The first-order chi connectivity index (χ1) is 66.2. The molecule has 5 aliphatic rings. The maximum absolute atomic E-state index is 2.50. The average Bonchev–Trinajstić information content (AvgIpc) is 1.16. The summed E-state index contributed by atoms with van der Waals surface area (Å²) in [7, 11) is 0. The standard InChI is InChI=1S/C46H37N.C43H31NS.C42H33NS/c1-45(2)39-19-11-10-18-37(39)38-24-23-32(29-41(38)45)47-43-21-13-12-20-40(43)46(3,4)42-28-31(22-27-44(42)47)34-26-25-33(30-14-6-5-7-15-30)35-16-8-9-17-36(34)35;1-43(2)37-17-9-10-18-39(37)44(30-21-25-42-36(27-30)35-16-8-11-19-41(35)45-42)40-24-20-29(26-38(40)43)32-23-22-31(28-12-4-3-5-13-28)33-14-6-7-15-34(32)33;1-41(2)33-13-7-5-11-29(33)30-20-19-28(25-35(30)41)43-37-15-9-8-14-34(37)42(3,4)36-24-27(17-21-38(36)43)26-18-22-40-32(23-26)31-12-6-10-16-39(31)44-40/h5-29H,1-4H3;3-27H,1-2H3;5-25H,1-4H3. The lowest BCUT2D eigenvalue weighted by Gasteiger charge is -2.42. The molecule has 0 saturated carbocycles. The van der Waals surface area contributed by atoms with Crippen molar-refractivity contribution in [1.29, 1.82) is 0 Å². The van der Waals surface area contributed by atoms with Gasteiger partial charge in [-0.05, 0) is 276 Å². The number of hydrogen-bond acceptors (Lipinski definition) is 5. The van der Waals surface area contributed by atoms with Crippen LogP contribution in [0, 0.1) is 0 Å². The van der Waals surface area contributed by atoms with Gasteiger partial charge in [-0.15, -0.1) is 22.7 Å². The number of benzene rings is 20. The quantitative estimate of drug-likeness (QED) is 0.150. The zero-order valence-electron chi connectivity index (χ0n) is 78.2. The van der Waals surface area contributed by atoms with Crippen molar-refractivity contribution >= 4 is 136 Å². The summed E-state index contributed by atoms with van der Waals surface area (Å²) in [5.41, 5.74) is 42.2. The second-order valence-corrected chi connectivity index (χ2v) is 42.3. The van der Waals surface area contributed by atoms with Crippen LogP contribution < -0.4 is 14.7 Å². The van der Waals surface area contributed by atoms with Crippen molar-refractivity contribution in [2.24, 2.45) is 0 Å². The van der Waals surface area contributed by atoms with E-state index in [1.165, 1.54) is 247 Å². The smallest absolute Gasteiger partial charge is 0.0503 e. The topological polar surface area (TPSA) is 9.72 Å². The normalized spacial score (nSPS) is 14.8. The van der Waals surface area contributed by atoms with Crippen LogP contribution in [-0.4, -0.2) is 0 Å². The van der Waals surface area contributed by atoms with Gasteiger partial charge >= 0.3 is 0 Å². The summed E-state index contributed by atoms with van der Waals surface area (Å²) in [5.74, 6) is 0. The van der Waals surface area contributed by atoms with E-state index in [9.17, 15) is 0 Å². The highest BCUT2D eigenvalue weighted by atomic mass is 32.1. The summed E-state index contributed by atoms with van der Waals surface area (Å²) in [6, 6.07) is 160. The third-order valence-electron chi connectivity index (χ3n) is 30.8. The zero-order chi connectivity index (χ0) is 91.8. The Morgan fingerprint density at radius 1 is 0.147 bits per heavy atom. The molecule has 136 heavy (non-hydrogen) atoms. The molecule has 5 heterocycles. The second-order valence-electron chi connectivity index (χ2n) is 40.2. The van der Waals surface area contributed by atoms with Crippen LogP contribution in [0.5, 0.6) is 0 Å². The minimum absolute atomic E-state index is 0.0479. The van der Waals surface area contributed by atoms with E-state index in [1.54, 1.807) is 0 Å². The van der Waals surface area contributed by atoms with Crippen LogP contribution in [0.2, 0.25) is 0 Å². The van der Waals surface area contributed by atoms with Gasteiger partial charge in [0.1, 0.15) is 0 Å². The summed E-state index contributed by atoms with van der Waals surface area (Å²) in [5, 5.41) is 10.4. The highest BCUT2D eigenvalue weighted by Gasteiger charge is 2.44. The van der Waals surface area contributed by atoms with Gasteiger partial charge in [-0.25, -0.2) is 0 Å². The molecular formula is C131H101N3S2. The van der Waals surface area contributed by atoms with Gasteiger partial charge in [0.15, 0.2) is 0 Å². The fraction of sp³-hybridized carbons (Fsp3) is 0.115. The van der Waals surface area contributed by atoms with Gasteiger partial charge in [-0.3, -0.25) is 0 Å². The van der Waals surface area contributed by atoms with Crippen molar-refractivity contribution in [3.05, 3.63) is 486 Å². The van der Waals surface area contributed by atoms with Crippen LogP contribution in [0.15, 0.2) is 431 Å². The highest BCUT2D eigenvalue weighted by molar-refractivity contribution is 7.26. The van der Waals surface area contributed by atoms with Gasteiger partial charge in [0, 0.05) is 84.5 Å². The van der Waals surface area contributed by atoms with Crippen molar-refractivity contribution < 1.29 is 0 Å². The molecule has 0 fully saturated rings. The Labute approximate surface area is 804 Å². The summed E-state index contributed by atoms with van der Waals surface area (Å²) >= 11 is 3.75. The third kappa shape index (κ3) is 12.9. The van der Waals surface area contributed by atoms with Crippen molar-refractivity contribution in [3.8, 4) is 77.9 Å². The van der Waals surface area contributed by atoms with Crippen LogP contribution >= 0.6 is 22.7 Å². The molecule has 3 aliphatic heterocycles. The molecule has 22 aromatic rings. The van der Waals surface area contributed by atoms with Crippen LogP contribution in [0.25, 0.3) is 140 Å². The first-order valence-electron chi connectivity index (χ1n) is 47.8. The number of anilines is 9. The minimum atomic E-state index is -0.176. The molecule has 0 amide bonds. The largest absolute Gasteiger partial charge is 0.310 e. The lowest BCUT2D eigenvalue weighted by atomic mass is 9.72. The number of para-hydroxylation sites is 3. The fourth-order valence-electron chi connectivity index (χ4n) is 23.7. The van der Waals surface area contributed by atoms with Crippen molar-refractivity contribution in [2.75, 3.05) is 14.7 Å². The van der Waals surface area contributed by atoms with E-state index in [2.05, 4.69) is 515 Å². The molecular weight excluding hydrogens is 1680 g/mol. The first kappa shape index (κ1) is 82.7. The lowest BCUT2D eigenvalue weighted by Crippen LogP contribution is -2.30. The van der Waals surface area contributed by atoms with Crippen molar-refractivity contribution in [2.45, 2.75) is 96.3 Å². The molecule has 2 aromatic heterocycles. The van der Waals surface area contributed by atoms with Gasteiger partial charge in [0.25, 0.3) is 0 Å². The summed E-state index contributed by atoms with van der Waals surface area (Å²) in [4.78, 5) is 7.46. The van der Waals surface area contributed by atoms with Crippen LogP contribution in [0.1, 0.15) is 125 Å². The number of nitrogens with zero attached hydrogens (tertiary/aromatic N) is 3. The Morgan fingerprint density at radius 2 is 0.404 bits per heavy atom. The van der Waals surface area contributed by atoms with E-state index in [0.717, 1.165) is 0 Å². The van der Waals surface area contributed by atoms with Gasteiger partial charge in [0.05, 0.1) is 34.1 Å². The molecule has 0 atom stereocenters. The molecule has 0 N–H and O–H groups in total. The number of hydrogen-bond donors (Lipinski definition) is 0. The summed E-state index contributed by atoms with van der Waals surface area (Å²) in [6.07, 6.45) is 0. The van der Waals surface area contributed by atoms with Gasteiger partial charge in [0.2, 0.25) is 0 Å². The Bertz CT molecular complexity index is 8670. The molecule has 652 valence electrons. The predicted molar refractivity (Wildman–Crippen MR) is 583 cm³/mol. The molecule has 2 aliphatic carbocycles. The van der Waals surface area contributed by atoms with E-state index in [4.69, 9.17) is 0 Å². The van der Waals surface area contributed by atoms with Crippen LogP contribution in [-0.2, 0) is 27.1 Å². The zero-order valence-corrected chi connectivity index (χ0v) is 79.8. The SMILES string of the molecule is CC1(C)c2ccccc2-c2ccc(N3c4ccccc4C(C)(C)c4cc(-c5ccc(-c6ccccc6)c6ccccc56)ccc43)cc21.CC1(C)c2ccccc2-c2ccc(N3c4ccccc4C(C)(C)c4cc(-c5ccc6sc7ccccc7c6c5)ccc43)cc21.CC1(C)c2ccccc2N(c2ccc3sc4ccccc4c3c2)c2ccc(-c3ccc(-c4ccccc4)c4ccccc34)cc21. The molecule has 5 heteroatoms. The maximum Gasteiger partial charge on any atom is 0.0503 e. The Balaban J connectivity index is 0.000000109. The Kier molecular flexibility index (Phi) is 19.1. The van der Waals surface area contributed by atoms with E-state index in [1.807, 2.05) is 22.7 Å². The molecule has 3 nitrogen and oxygen atoms in total. The third-order valence-corrected chi connectivity index (χ3v) is 33.1. The van der Waals surface area contributed by atoms with E-state index in [-0.39, 0.29) is 27.1 Å². The van der Waals surface area contributed by atoms with Crippen LogP contribution in [0.3, 0.4) is 0 Å². The molecule has 0 saturated heterocycles. The van der Waals surface area contributed by atoms with E-state index < -0.39 is 0 Å². The molecule has 0 radical (unpaired) electrons. The number of fused-ring (bicyclic) bond motifs is 20. The van der Waals surface area contributed by atoms with E-state index in [0.29, 0.717) is 0 Å². The molecule has 0 bridgehead atoms. The van der Waals surface area contributed by atoms with Crippen molar-refractivity contribution in [1.82, 2.24) is 0 Å². The van der Waals surface area contributed by atoms with Crippen molar-refractivity contribution in [3.63, 3.8) is 0 Å². The fourth-order valence-corrected chi connectivity index (χ4v) is 25.9. The number of thiophene rings is 2. The highest BCUT2D eigenvalue weighted by Crippen LogP contribution is 2.61. The van der Waals surface area contributed by atoms with Gasteiger partial charge in [-0.1, -0.05) is 379 Å². The van der Waals surface area contributed by atoms with Crippen LogP contribution in [0.4, 0.5) is 51.2 Å².